The van der Waals surface area contributed by atoms with E-state index in [0.29, 0.717) is 6.42 Å². The maximum absolute atomic E-state index is 12.0. The second-order valence-electron chi connectivity index (χ2n) is 5.92. The number of carbonyl (C=O) groups is 1. The van der Waals surface area contributed by atoms with Gasteiger partial charge >= 0.3 is 0 Å². The molecule has 0 unspecified atom stereocenters. The molecule has 0 aliphatic carbocycles. The molecule has 1 N–H and O–H groups in total. The second kappa shape index (κ2) is 5.00. The number of hydrogen-bond acceptors (Lipinski definition) is 2. The van der Waals surface area contributed by atoms with Crippen LogP contribution in [0.4, 0.5) is 0 Å². The van der Waals surface area contributed by atoms with E-state index in [-0.39, 0.29) is 11.4 Å². The Balaban J connectivity index is 2.25. The number of pyridine rings is 1. The summed E-state index contributed by atoms with van der Waals surface area (Å²) in [6.07, 6.45) is 0.327. The van der Waals surface area contributed by atoms with Crippen molar-refractivity contribution in [2.45, 2.75) is 39.7 Å². The Morgan fingerprint density at radius 1 is 1.26 bits per heavy atom. The predicted octanol–water partition coefficient (Wildman–Crippen LogP) is 3.00. The Kier molecular flexibility index (Phi) is 3.56. The monoisotopic (exact) mass is 256 g/mol. The highest BCUT2D eigenvalue weighted by molar-refractivity contribution is 5.82. The number of carbonyl (C=O) groups excluding carboxylic acids is 1. The predicted molar refractivity (Wildman–Crippen MR) is 78.1 cm³/mol. The SMILES string of the molecule is Cc1cc2ccccc2nc1CC(=O)NC(C)(C)C. The molecule has 1 aromatic carbocycles. The maximum atomic E-state index is 12.0. The Bertz CT molecular complexity index is 612. The lowest BCUT2D eigenvalue weighted by molar-refractivity contribution is -0.121. The number of benzene rings is 1. The smallest absolute Gasteiger partial charge is 0.226 e. The summed E-state index contributed by atoms with van der Waals surface area (Å²) in [6.45, 7) is 7.93. The topological polar surface area (TPSA) is 42.0 Å². The number of aryl methyl sites for hydroxylation is 1. The number of hydrogen-bond donors (Lipinski definition) is 1. The van der Waals surface area contributed by atoms with E-state index in [2.05, 4.69) is 16.4 Å². The molecule has 0 saturated carbocycles. The first-order valence-electron chi connectivity index (χ1n) is 6.51. The van der Waals surface area contributed by atoms with E-state index in [4.69, 9.17) is 0 Å². The minimum Gasteiger partial charge on any atom is -0.351 e. The van der Waals surface area contributed by atoms with Gasteiger partial charge in [0.15, 0.2) is 0 Å². The fourth-order valence-electron chi connectivity index (χ4n) is 2.06. The third-order valence-electron chi connectivity index (χ3n) is 2.86. The Hall–Kier alpha value is -1.90. The molecule has 3 heteroatoms. The van der Waals surface area contributed by atoms with Gasteiger partial charge in [-0.25, -0.2) is 0 Å². The van der Waals surface area contributed by atoms with Crippen molar-refractivity contribution in [2.24, 2.45) is 0 Å². The van der Waals surface area contributed by atoms with Crippen LogP contribution in [-0.4, -0.2) is 16.4 Å². The maximum Gasteiger partial charge on any atom is 0.226 e. The molecule has 0 bridgehead atoms. The summed E-state index contributed by atoms with van der Waals surface area (Å²) in [6, 6.07) is 10.1. The summed E-state index contributed by atoms with van der Waals surface area (Å²) in [4.78, 5) is 16.5. The van der Waals surface area contributed by atoms with Crippen LogP contribution in [0, 0.1) is 6.92 Å². The van der Waals surface area contributed by atoms with Gasteiger partial charge in [0.1, 0.15) is 0 Å². The van der Waals surface area contributed by atoms with E-state index >= 15 is 0 Å². The number of nitrogens with zero attached hydrogens (tertiary/aromatic N) is 1. The van der Waals surface area contributed by atoms with Gasteiger partial charge in [-0.15, -0.1) is 0 Å². The normalized spacial score (nSPS) is 11.6. The third kappa shape index (κ3) is 3.53. The zero-order chi connectivity index (χ0) is 14.0. The Morgan fingerprint density at radius 3 is 2.63 bits per heavy atom. The fourth-order valence-corrected chi connectivity index (χ4v) is 2.06. The highest BCUT2D eigenvalue weighted by atomic mass is 16.1. The van der Waals surface area contributed by atoms with Crippen LogP contribution in [0.25, 0.3) is 10.9 Å². The van der Waals surface area contributed by atoms with E-state index in [1.54, 1.807) is 0 Å². The van der Waals surface area contributed by atoms with Crippen LogP contribution in [0.1, 0.15) is 32.0 Å². The minimum atomic E-state index is -0.207. The molecule has 0 aliphatic heterocycles. The molecule has 1 aromatic heterocycles. The van der Waals surface area contributed by atoms with Gasteiger partial charge in [-0.1, -0.05) is 18.2 Å². The summed E-state index contributed by atoms with van der Waals surface area (Å²) in [5.74, 6) is 0.0124. The molecule has 19 heavy (non-hydrogen) atoms. The van der Waals surface area contributed by atoms with Gasteiger partial charge in [-0.05, 0) is 45.4 Å². The molecule has 0 radical (unpaired) electrons. The van der Waals surface area contributed by atoms with Crippen molar-refractivity contribution in [3.63, 3.8) is 0 Å². The van der Waals surface area contributed by atoms with Crippen LogP contribution in [0.15, 0.2) is 30.3 Å². The molecule has 3 nitrogen and oxygen atoms in total. The lowest BCUT2D eigenvalue weighted by atomic mass is 10.1. The third-order valence-corrected chi connectivity index (χ3v) is 2.86. The van der Waals surface area contributed by atoms with E-state index in [0.717, 1.165) is 22.2 Å². The average molecular weight is 256 g/mol. The van der Waals surface area contributed by atoms with Gasteiger partial charge in [0.2, 0.25) is 5.91 Å². The number of aromatic nitrogens is 1. The van der Waals surface area contributed by atoms with Crippen LogP contribution in [-0.2, 0) is 11.2 Å². The van der Waals surface area contributed by atoms with Crippen molar-refractivity contribution in [2.75, 3.05) is 0 Å². The van der Waals surface area contributed by atoms with Gasteiger partial charge in [0.25, 0.3) is 0 Å². The number of para-hydroxylation sites is 1. The van der Waals surface area contributed by atoms with Crippen molar-refractivity contribution in [1.82, 2.24) is 10.3 Å². The summed E-state index contributed by atoms with van der Waals surface area (Å²) < 4.78 is 0. The molecule has 100 valence electrons. The zero-order valence-electron chi connectivity index (χ0n) is 11.9. The number of rotatable bonds is 2. The molecule has 0 saturated heterocycles. The molecular weight excluding hydrogens is 236 g/mol. The molecule has 0 fully saturated rings. The Morgan fingerprint density at radius 2 is 1.95 bits per heavy atom. The largest absolute Gasteiger partial charge is 0.351 e. The Labute approximate surface area is 114 Å². The molecule has 2 aromatic rings. The molecule has 0 aliphatic rings. The van der Waals surface area contributed by atoms with Crippen LogP contribution >= 0.6 is 0 Å². The highest BCUT2D eigenvalue weighted by Crippen LogP contribution is 2.16. The van der Waals surface area contributed by atoms with Gasteiger partial charge < -0.3 is 5.32 Å². The summed E-state index contributed by atoms with van der Waals surface area (Å²) in [5, 5.41) is 4.08. The van der Waals surface area contributed by atoms with Crippen molar-refractivity contribution in [1.29, 1.82) is 0 Å². The highest BCUT2D eigenvalue weighted by Gasteiger charge is 2.15. The average Bonchev–Trinajstić information content (AvgIpc) is 2.27. The van der Waals surface area contributed by atoms with E-state index in [9.17, 15) is 4.79 Å². The number of amides is 1. The molecule has 0 atom stereocenters. The van der Waals surface area contributed by atoms with Gasteiger partial charge in [0, 0.05) is 10.9 Å². The van der Waals surface area contributed by atoms with Crippen LogP contribution < -0.4 is 5.32 Å². The van der Waals surface area contributed by atoms with Crippen molar-refractivity contribution in [3.8, 4) is 0 Å². The van der Waals surface area contributed by atoms with Crippen LogP contribution in [0.3, 0.4) is 0 Å². The van der Waals surface area contributed by atoms with E-state index in [1.165, 1.54) is 0 Å². The van der Waals surface area contributed by atoms with Crippen molar-refractivity contribution < 1.29 is 4.79 Å². The second-order valence-corrected chi connectivity index (χ2v) is 5.92. The van der Waals surface area contributed by atoms with Gasteiger partial charge in [-0.2, -0.15) is 0 Å². The first kappa shape index (κ1) is 13.5. The standard InChI is InChI=1S/C16H20N2O/c1-11-9-12-7-5-6-8-13(12)17-14(11)10-15(19)18-16(2,3)4/h5-9H,10H2,1-4H3,(H,18,19). The molecular formula is C16H20N2O. The molecule has 1 heterocycles. The van der Waals surface area contributed by atoms with E-state index in [1.807, 2.05) is 52.0 Å². The summed E-state index contributed by atoms with van der Waals surface area (Å²) >= 11 is 0. The lowest BCUT2D eigenvalue weighted by Crippen LogP contribution is -2.41. The first-order valence-corrected chi connectivity index (χ1v) is 6.51. The molecule has 1 amide bonds. The van der Waals surface area contributed by atoms with Gasteiger partial charge in [0.05, 0.1) is 17.6 Å². The van der Waals surface area contributed by atoms with E-state index < -0.39 is 0 Å². The van der Waals surface area contributed by atoms with Crippen LogP contribution in [0.2, 0.25) is 0 Å². The number of fused-ring (bicyclic) bond motifs is 1. The number of nitrogens with one attached hydrogen (secondary N) is 1. The minimum absolute atomic E-state index is 0.0124. The molecule has 2 rings (SSSR count). The fraction of sp³-hybridized carbons (Fsp3) is 0.375. The zero-order valence-corrected chi connectivity index (χ0v) is 11.9. The van der Waals surface area contributed by atoms with Crippen molar-refractivity contribution >= 4 is 16.8 Å². The van der Waals surface area contributed by atoms with Crippen molar-refractivity contribution in [3.05, 3.63) is 41.6 Å². The lowest BCUT2D eigenvalue weighted by Gasteiger charge is -2.20. The summed E-state index contributed by atoms with van der Waals surface area (Å²) in [5.41, 5.74) is 2.64. The van der Waals surface area contributed by atoms with Crippen LogP contribution in [0.5, 0.6) is 0 Å². The van der Waals surface area contributed by atoms with Gasteiger partial charge in [-0.3, -0.25) is 9.78 Å². The molecule has 0 spiro atoms. The summed E-state index contributed by atoms with van der Waals surface area (Å²) in [7, 11) is 0. The first-order chi connectivity index (χ1) is 8.85. The quantitative estimate of drug-likeness (QED) is 0.897.